The Kier molecular flexibility index (Phi) is 4.45. The zero-order chi connectivity index (χ0) is 14.6. The molecule has 0 aliphatic carbocycles. The van der Waals surface area contributed by atoms with Crippen molar-refractivity contribution in [3.63, 3.8) is 0 Å². The van der Waals surface area contributed by atoms with Crippen molar-refractivity contribution < 1.29 is 9.53 Å². The summed E-state index contributed by atoms with van der Waals surface area (Å²) in [6.07, 6.45) is 0. The van der Waals surface area contributed by atoms with Gasteiger partial charge in [-0.15, -0.1) is 11.3 Å². The van der Waals surface area contributed by atoms with Gasteiger partial charge in [0, 0.05) is 17.1 Å². The van der Waals surface area contributed by atoms with Crippen LogP contribution in [0.1, 0.15) is 36.0 Å². The Bertz CT molecular complexity index is 553. The van der Waals surface area contributed by atoms with Crippen LogP contribution in [-0.4, -0.2) is 11.6 Å². The number of carbonyl (C=O) groups excluding carboxylic acids is 1. The monoisotopic (exact) mass is 289 g/mol. The van der Waals surface area contributed by atoms with Crippen LogP contribution < -0.4 is 5.32 Å². The molecule has 0 saturated carbocycles. The first kappa shape index (κ1) is 14.6. The second kappa shape index (κ2) is 6.09. The maximum atomic E-state index is 11.9. The lowest BCUT2D eigenvalue weighted by atomic mass is 10.1. The molecular weight excluding hydrogens is 270 g/mol. The molecule has 4 heteroatoms. The van der Waals surface area contributed by atoms with E-state index in [2.05, 4.69) is 16.8 Å². The van der Waals surface area contributed by atoms with E-state index in [0.29, 0.717) is 5.56 Å². The molecule has 106 valence electrons. The zero-order valence-electron chi connectivity index (χ0n) is 12.0. The number of esters is 1. The average Bonchev–Trinajstić information content (AvgIpc) is 2.88. The number of anilines is 1. The molecule has 20 heavy (non-hydrogen) atoms. The van der Waals surface area contributed by atoms with E-state index < -0.39 is 5.60 Å². The molecule has 3 nitrogen and oxygen atoms in total. The fourth-order valence-electron chi connectivity index (χ4n) is 1.66. The van der Waals surface area contributed by atoms with E-state index >= 15 is 0 Å². The SMILES string of the molecule is CC(C)(C)OC(=O)c1ccc(NCc2cccs2)cc1. The van der Waals surface area contributed by atoms with E-state index in [-0.39, 0.29) is 5.97 Å². The van der Waals surface area contributed by atoms with Crippen molar-refractivity contribution in [1.82, 2.24) is 0 Å². The molecule has 0 spiro atoms. The van der Waals surface area contributed by atoms with Gasteiger partial charge in [-0.3, -0.25) is 0 Å². The van der Waals surface area contributed by atoms with Crippen molar-refractivity contribution in [2.24, 2.45) is 0 Å². The summed E-state index contributed by atoms with van der Waals surface area (Å²) >= 11 is 1.72. The number of nitrogens with one attached hydrogen (secondary N) is 1. The van der Waals surface area contributed by atoms with Gasteiger partial charge in [0.2, 0.25) is 0 Å². The number of benzene rings is 1. The lowest BCUT2D eigenvalue weighted by molar-refractivity contribution is 0.00696. The summed E-state index contributed by atoms with van der Waals surface area (Å²) in [5, 5.41) is 5.38. The summed E-state index contributed by atoms with van der Waals surface area (Å²) in [6.45, 7) is 6.38. The van der Waals surface area contributed by atoms with Crippen LogP contribution in [0.5, 0.6) is 0 Å². The van der Waals surface area contributed by atoms with Gasteiger partial charge in [0.15, 0.2) is 0 Å². The van der Waals surface area contributed by atoms with E-state index in [9.17, 15) is 4.79 Å². The lowest BCUT2D eigenvalue weighted by Crippen LogP contribution is -2.23. The van der Waals surface area contributed by atoms with Gasteiger partial charge >= 0.3 is 5.97 Å². The predicted octanol–water partition coefficient (Wildman–Crippen LogP) is 4.32. The molecule has 0 aliphatic heterocycles. The molecule has 1 N–H and O–H groups in total. The van der Waals surface area contributed by atoms with Crippen molar-refractivity contribution in [1.29, 1.82) is 0 Å². The first-order valence-corrected chi connectivity index (χ1v) is 7.42. The van der Waals surface area contributed by atoms with Crippen LogP contribution >= 0.6 is 11.3 Å². The molecular formula is C16H19NO2S. The van der Waals surface area contributed by atoms with Crippen LogP contribution in [-0.2, 0) is 11.3 Å². The largest absolute Gasteiger partial charge is 0.456 e. The molecule has 0 bridgehead atoms. The number of ether oxygens (including phenoxy) is 1. The summed E-state index contributed by atoms with van der Waals surface area (Å²) in [6, 6.07) is 11.5. The average molecular weight is 289 g/mol. The van der Waals surface area contributed by atoms with Crippen molar-refractivity contribution in [2.75, 3.05) is 5.32 Å². The van der Waals surface area contributed by atoms with E-state index in [1.54, 1.807) is 23.5 Å². The molecule has 0 amide bonds. The number of hydrogen-bond donors (Lipinski definition) is 1. The molecule has 0 aliphatic rings. The van der Waals surface area contributed by atoms with Crippen molar-refractivity contribution in [2.45, 2.75) is 32.9 Å². The standard InChI is InChI=1S/C16H19NO2S/c1-16(2,3)19-15(18)12-6-8-13(9-7-12)17-11-14-5-4-10-20-14/h4-10,17H,11H2,1-3H3. The van der Waals surface area contributed by atoms with Gasteiger partial charge in [0.25, 0.3) is 0 Å². The highest BCUT2D eigenvalue weighted by Crippen LogP contribution is 2.16. The number of carbonyl (C=O) groups is 1. The minimum absolute atomic E-state index is 0.290. The van der Waals surface area contributed by atoms with Crippen molar-refractivity contribution in [3.05, 3.63) is 52.2 Å². The number of rotatable bonds is 4. The van der Waals surface area contributed by atoms with Gasteiger partial charge in [-0.1, -0.05) is 6.07 Å². The van der Waals surface area contributed by atoms with Gasteiger partial charge < -0.3 is 10.1 Å². The fourth-order valence-corrected chi connectivity index (χ4v) is 2.31. The van der Waals surface area contributed by atoms with E-state index in [4.69, 9.17) is 4.74 Å². The minimum atomic E-state index is -0.465. The van der Waals surface area contributed by atoms with Crippen LogP contribution in [0.4, 0.5) is 5.69 Å². The molecule has 0 atom stereocenters. The molecule has 2 aromatic rings. The molecule has 1 aromatic heterocycles. The second-order valence-corrected chi connectivity index (χ2v) is 6.54. The molecule has 0 fully saturated rings. The summed E-state index contributed by atoms with van der Waals surface area (Å²) in [5.41, 5.74) is 1.10. The third-order valence-electron chi connectivity index (χ3n) is 2.57. The minimum Gasteiger partial charge on any atom is -0.456 e. The summed E-state index contributed by atoms with van der Waals surface area (Å²) in [4.78, 5) is 13.2. The maximum absolute atomic E-state index is 11.9. The van der Waals surface area contributed by atoms with Crippen LogP contribution in [0.2, 0.25) is 0 Å². The van der Waals surface area contributed by atoms with E-state index in [0.717, 1.165) is 12.2 Å². The van der Waals surface area contributed by atoms with Gasteiger partial charge in [0.1, 0.15) is 5.60 Å². The second-order valence-electron chi connectivity index (χ2n) is 5.51. The molecule has 2 rings (SSSR count). The Morgan fingerprint density at radius 1 is 1.20 bits per heavy atom. The van der Waals surface area contributed by atoms with Gasteiger partial charge in [-0.05, 0) is 56.5 Å². The Labute approximate surface area is 123 Å². The van der Waals surface area contributed by atoms with Gasteiger partial charge in [-0.25, -0.2) is 4.79 Å². The van der Waals surface area contributed by atoms with Crippen LogP contribution in [0.15, 0.2) is 41.8 Å². The molecule has 0 radical (unpaired) electrons. The fraction of sp³-hybridized carbons (Fsp3) is 0.312. The Morgan fingerprint density at radius 3 is 2.45 bits per heavy atom. The van der Waals surface area contributed by atoms with Gasteiger partial charge in [-0.2, -0.15) is 0 Å². The zero-order valence-corrected chi connectivity index (χ0v) is 12.8. The molecule has 1 aromatic carbocycles. The lowest BCUT2D eigenvalue weighted by Gasteiger charge is -2.19. The van der Waals surface area contributed by atoms with Crippen LogP contribution in [0, 0.1) is 0 Å². The third kappa shape index (κ3) is 4.38. The van der Waals surface area contributed by atoms with E-state index in [1.165, 1.54) is 4.88 Å². The first-order valence-electron chi connectivity index (χ1n) is 6.54. The normalized spacial score (nSPS) is 11.2. The Balaban J connectivity index is 1.94. The highest BCUT2D eigenvalue weighted by Gasteiger charge is 2.17. The first-order chi connectivity index (χ1) is 9.44. The van der Waals surface area contributed by atoms with Crippen molar-refractivity contribution >= 4 is 23.0 Å². The third-order valence-corrected chi connectivity index (χ3v) is 3.44. The number of hydrogen-bond acceptors (Lipinski definition) is 4. The van der Waals surface area contributed by atoms with Gasteiger partial charge in [0.05, 0.1) is 5.56 Å². The van der Waals surface area contributed by atoms with Crippen molar-refractivity contribution in [3.8, 4) is 0 Å². The Morgan fingerprint density at radius 2 is 1.90 bits per heavy atom. The highest BCUT2D eigenvalue weighted by molar-refractivity contribution is 7.09. The Hall–Kier alpha value is -1.81. The predicted molar refractivity (Wildman–Crippen MR) is 83.3 cm³/mol. The summed E-state index contributed by atoms with van der Waals surface area (Å²) in [5.74, 6) is -0.290. The quantitative estimate of drug-likeness (QED) is 0.852. The molecule has 0 saturated heterocycles. The molecule has 1 heterocycles. The van der Waals surface area contributed by atoms with Crippen LogP contribution in [0.3, 0.4) is 0 Å². The van der Waals surface area contributed by atoms with E-state index in [1.807, 2.05) is 39.0 Å². The molecule has 0 unspecified atom stereocenters. The summed E-state index contributed by atoms with van der Waals surface area (Å²) < 4.78 is 5.32. The van der Waals surface area contributed by atoms with Crippen LogP contribution in [0.25, 0.3) is 0 Å². The smallest absolute Gasteiger partial charge is 0.338 e. The topological polar surface area (TPSA) is 38.3 Å². The summed E-state index contributed by atoms with van der Waals surface area (Å²) in [7, 11) is 0. The maximum Gasteiger partial charge on any atom is 0.338 e. The highest BCUT2D eigenvalue weighted by atomic mass is 32.1. The number of thiophene rings is 1.